The van der Waals surface area contributed by atoms with Crippen molar-refractivity contribution in [1.82, 2.24) is 4.90 Å². The molecule has 1 saturated carbocycles. The summed E-state index contributed by atoms with van der Waals surface area (Å²) in [6, 6.07) is 16.5. The van der Waals surface area contributed by atoms with Crippen LogP contribution in [-0.4, -0.2) is 71.2 Å². The fourth-order valence-electron chi connectivity index (χ4n) is 5.84. The number of esters is 1. The minimum atomic E-state index is -1.39. The van der Waals surface area contributed by atoms with Gasteiger partial charge in [0, 0.05) is 41.3 Å². The highest BCUT2D eigenvalue weighted by Gasteiger charge is 2.51. The number of amides is 1. The van der Waals surface area contributed by atoms with Gasteiger partial charge in [-0.2, -0.15) is 0 Å². The summed E-state index contributed by atoms with van der Waals surface area (Å²) in [7, 11) is 0. The van der Waals surface area contributed by atoms with Crippen LogP contribution in [0.25, 0.3) is 20.9 Å². The number of nitrogens with zero attached hydrogens (tertiary/aromatic N) is 7. The van der Waals surface area contributed by atoms with Crippen LogP contribution in [0, 0.1) is 5.92 Å². The Balaban J connectivity index is 1.54. The molecule has 2 aromatic rings. The molecule has 1 aliphatic heterocycles. The first-order valence-electron chi connectivity index (χ1n) is 14.1. The molecule has 2 aromatic carbocycles. The summed E-state index contributed by atoms with van der Waals surface area (Å²) in [5.74, 6) is -1.53. The zero-order valence-electron chi connectivity index (χ0n) is 23.8. The third-order valence-corrected chi connectivity index (χ3v) is 7.82. The van der Waals surface area contributed by atoms with Crippen LogP contribution in [0.4, 0.5) is 4.79 Å². The van der Waals surface area contributed by atoms with Gasteiger partial charge >= 0.3 is 12.1 Å². The van der Waals surface area contributed by atoms with Crippen molar-refractivity contribution in [2.45, 2.75) is 81.9 Å². The smallest absolute Gasteiger partial charge is 0.410 e. The Morgan fingerprint density at radius 3 is 2.28 bits per heavy atom. The van der Waals surface area contributed by atoms with E-state index < -0.39 is 60.5 Å². The predicted octanol–water partition coefficient (Wildman–Crippen LogP) is 4.37. The van der Waals surface area contributed by atoms with Gasteiger partial charge in [0.05, 0.1) is 30.9 Å². The molecule has 1 amide bonds. The summed E-state index contributed by atoms with van der Waals surface area (Å²) >= 11 is 0. The molecule has 1 heterocycles. The highest BCUT2D eigenvalue weighted by molar-refractivity contribution is 5.68. The number of azide groups is 2. The van der Waals surface area contributed by atoms with E-state index in [1.807, 2.05) is 60.7 Å². The minimum Gasteiger partial charge on any atom is -0.459 e. The van der Waals surface area contributed by atoms with Crippen LogP contribution in [0.3, 0.4) is 0 Å². The van der Waals surface area contributed by atoms with Crippen LogP contribution < -0.4 is 5.73 Å². The fourth-order valence-corrected chi connectivity index (χ4v) is 5.84. The normalized spacial score (nSPS) is 28.4. The second-order valence-electron chi connectivity index (χ2n) is 10.8. The van der Waals surface area contributed by atoms with E-state index in [1.165, 1.54) is 6.92 Å². The Hall–Kier alpha value is -4.32. The van der Waals surface area contributed by atoms with E-state index in [2.05, 4.69) is 20.1 Å². The molecule has 2 fully saturated rings. The van der Waals surface area contributed by atoms with E-state index in [4.69, 9.17) is 25.5 Å². The van der Waals surface area contributed by atoms with Crippen LogP contribution in [0.2, 0.25) is 0 Å². The number of carbonyl (C=O) groups is 2. The number of rotatable bonds is 10. The molecule has 14 nitrogen and oxygen atoms in total. The summed E-state index contributed by atoms with van der Waals surface area (Å²) in [6.07, 6.45) is -3.34. The Kier molecular flexibility index (Phi) is 11.2. The van der Waals surface area contributed by atoms with Gasteiger partial charge in [-0.3, -0.25) is 4.79 Å². The third-order valence-electron chi connectivity index (χ3n) is 7.82. The summed E-state index contributed by atoms with van der Waals surface area (Å²) in [6.45, 7) is 1.75. The first-order valence-corrected chi connectivity index (χ1v) is 14.1. The predicted molar refractivity (Wildman–Crippen MR) is 155 cm³/mol. The van der Waals surface area contributed by atoms with Gasteiger partial charge in [0.2, 0.25) is 0 Å². The van der Waals surface area contributed by atoms with Crippen molar-refractivity contribution in [1.29, 1.82) is 0 Å². The van der Waals surface area contributed by atoms with Crippen LogP contribution in [0.15, 0.2) is 70.9 Å². The van der Waals surface area contributed by atoms with Crippen LogP contribution in [-0.2, 0) is 32.2 Å². The molecule has 0 radical (unpaired) electrons. The number of benzene rings is 2. The lowest BCUT2D eigenvalue weighted by Gasteiger charge is -2.48. The number of aliphatic hydroxyl groups is 1. The highest BCUT2D eigenvalue weighted by atomic mass is 16.6. The zero-order chi connectivity index (χ0) is 30.8. The van der Waals surface area contributed by atoms with Gasteiger partial charge in [-0.15, -0.1) is 0 Å². The average Bonchev–Trinajstić information content (AvgIpc) is 3.00. The van der Waals surface area contributed by atoms with Crippen molar-refractivity contribution in [2.75, 3.05) is 6.54 Å². The van der Waals surface area contributed by atoms with Gasteiger partial charge < -0.3 is 30.0 Å². The standard InChI is InChI=1S/C29H36N8O6/c1-18(38)42-28-24(34-36-32)14-23(33-35-31)25(26(28)39)27-22(30)13-12-21(43-27)16-37(15-19-8-4-2-5-9-19)29(40)41-17-20-10-6-3-7-11-20/h2-11,21-28,39H,12-17,30H2,1H3/t21-,22+,23?,24?,25?,26-,27-,28-/m0/s1. The number of carbonyl (C=O) groups excluding carboxylic acids is 2. The molecular weight excluding hydrogens is 556 g/mol. The van der Waals surface area contributed by atoms with Gasteiger partial charge in [-0.25, -0.2) is 4.79 Å². The Bertz CT molecular complexity index is 1320. The first-order chi connectivity index (χ1) is 20.8. The lowest BCUT2D eigenvalue weighted by molar-refractivity contribution is -0.178. The Morgan fingerprint density at radius 2 is 1.65 bits per heavy atom. The molecule has 1 aliphatic carbocycles. The topological polar surface area (TPSA) is 209 Å². The summed E-state index contributed by atoms with van der Waals surface area (Å²) in [5, 5.41) is 19.0. The van der Waals surface area contributed by atoms with E-state index >= 15 is 0 Å². The minimum absolute atomic E-state index is 0.0248. The molecule has 3 unspecified atom stereocenters. The SMILES string of the molecule is CC(=O)O[C@H]1C(N=[N+]=[N-])CC(N=[N+]=[N-])C([C@H]2O[C@H](CN(Cc3ccccc3)C(=O)OCc3ccccc3)CC[C@H]2N)[C@@H]1O. The van der Waals surface area contributed by atoms with E-state index in [1.54, 1.807) is 4.90 Å². The van der Waals surface area contributed by atoms with Crippen molar-refractivity contribution in [3.63, 3.8) is 0 Å². The summed E-state index contributed by atoms with van der Waals surface area (Å²) in [5.41, 5.74) is 26.6. The maximum absolute atomic E-state index is 13.3. The molecule has 14 heteroatoms. The molecule has 0 bridgehead atoms. The Morgan fingerprint density at radius 1 is 1.02 bits per heavy atom. The lowest BCUT2D eigenvalue weighted by atomic mass is 9.72. The molecule has 0 spiro atoms. The maximum atomic E-state index is 13.3. The van der Waals surface area contributed by atoms with Crippen LogP contribution >= 0.6 is 0 Å². The molecule has 8 atom stereocenters. The molecule has 43 heavy (non-hydrogen) atoms. The van der Waals surface area contributed by atoms with E-state index in [0.29, 0.717) is 12.8 Å². The van der Waals surface area contributed by atoms with Gasteiger partial charge in [0.15, 0.2) is 0 Å². The van der Waals surface area contributed by atoms with Gasteiger partial charge in [-0.05, 0) is 41.5 Å². The number of hydrogen-bond acceptors (Lipinski definition) is 9. The molecule has 228 valence electrons. The number of nitrogens with two attached hydrogens (primary N) is 1. The second-order valence-corrected chi connectivity index (χ2v) is 10.8. The van der Waals surface area contributed by atoms with Crippen molar-refractivity contribution in [3.05, 3.63) is 92.7 Å². The van der Waals surface area contributed by atoms with Crippen LogP contribution in [0.1, 0.15) is 37.3 Å². The molecule has 4 rings (SSSR count). The van der Waals surface area contributed by atoms with Crippen molar-refractivity contribution in [2.24, 2.45) is 21.9 Å². The summed E-state index contributed by atoms with van der Waals surface area (Å²) < 4.78 is 17.4. The molecule has 3 N–H and O–H groups in total. The molecule has 2 aliphatic rings. The third kappa shape index (κ3) is 8.38. The van der Waals surface area contributed by atoms with E-state index in [0.717, 1.165) is 11.1 Å². The average molecular weight is 593 g/mol. The van der Waals surface area contributed by atoms with Crippen molar-refractivity contribution < 1.29 is 28.9 Å². The second kappa shape index (κ2) is 15.2. The highest BCUT2D eigenvalue weighted by Crippen LogP contribution is 2.38. The van der Waals surface area contributed by atoms with Gasteiger partial charge in [0.1, 0.15) is 12.7 Å². The van der Waals surface area contributed by atoms with Gasteiger partial charge in [0.25, 0.3) is 0 Å². The monoisotopic (exact) mass is 592 g/mol. The largest absolute Gasteiger partial charge is 0.459 e. The Labute approximate surface area is 249 Å². The fraction of sp³-hybridized carbons (Fsp3) is 0.517. The lowest BCUT2D eigenvalue weighted by Crippen LogP contribution is -2.62. The van der Waals surface area contributed by atoms with Gasteiger partial charge in [-0.1, -0.05) is 70.9 Å². The maximum Gasteiger partial charge on any atom is 0.410 e. The molecule has 1 saturated heterocycles. The van der Waals surface area contributed by atoms with E-state index in [9.17, 15) is 20.2 Å². The number of ether oxygens (including phenoxy) is 3. The van der Waals surface area contributed by atoms with Crippen LogP contribution in [0.5, 0.6) is 0 Å². The number of hydrogen-bond donors (Lipinski definition) is 2. The molecular formula is C29H36N8O6. The first kappa shape index (κ1) is 31.6. The quantitative estimate of drug-likeness (QED) is 0.176. The molecule has 0 aromatic heterocycles. The van der Waals surface area contributed by atoms with Crippen molar-refractivity contribution >= 4 is 12.1 Å². The van der Waals surface area contributed by atoms with E-state index in [-0.39, 0.29) is 26.1 Å². The number of aliphatic hydroxyl groups excluding tert-OH is 1. The zero-order valence-corrected chi connectivity index (χ0v) is 23.8. The summed E-state index contributed by atoms with van der Waals surface area (Å²) in [4.78, 5) is 32.5. The van der Waals surface area contributed by atoms with Crippen molar-refractivity contribution in [3.8, 4) is 0 Å².